The summed E-state index contributed by atoms with van der Waals surface area (Å²) in [5.41, 5.74) is 2.61. The minimum Gasteiger partial charge on any atom is -0.460 e. The summed E-state index contributed by atoms with van der Waals surface area (Å²) in [7, 11) is 0. The molecule has 1 N–H and O–H groups in total. The predicted molar refractivity (Wildman–Crippen MR) is 104 cm³/mol. The average molecular weight is 394 g/mol. The highest BCUT2D eigenvalue weighted by Gasteiger charge is 2.17. The summed E-state index contributed by atoms with van der Waals surface area (Å²) >= 11 is 1.55. The summed E-state index contributed by atoms with van der Waals surface area (Å²) in [6, 6.07) is 5.50. The Labute approximate surface area is 165 Å². The zero-order valence-electron chi connectivity index (χ0n) is 15.6. The van der Waals surface area contributed by atoms with Crippen molar-refractivity contribution in [1.82, 2.24) is 30.0 Å². The molecular weight excluding hydrogens is 376 g/mol. The normalized spacial score (nSPS) is 11.0. The fraction of sp³-hybridized carbons (Fsp3) is 0.211. The second kappa shape index (κ2) is 7.35. The zero-order valence-corrected chi connectivity index (χ0v) is 16.4. The Morgan fingerprint density at radius 3 is 2.79 bits per heavy atom. The number of amides is 1. The molecule has 0 atom stereocenters. The molecule has 0 unspecified atom stereocenters. The van der Waals surface area contributed by atoms with Crippen molar-refractivity contribution in [2.24, 2.45) is 0 Å². The Balaban J connectivity index is 1.55. The van der Waals surface area contributed by atoms with Crippen molar-refractivity contribution in [2.45, 2.75) is 27.3 Å². The summed E-state index contributed by atoms with van der Waals surface area (Å²) in [6.07, 6.45) is 3.16. The molecule has 0 bridgehead atoms. The second-order valence-electron chi connectivity index (χ2n) is 6.25. The molecule has 0 radical (unpaired) electrons. The monoisotopic (exact) mass is 394 g/mol. The van der Waals surface area contributed by atoms with E-state index in [2.05, 4.69) is 25.4 Å². The minimum atomic E-state index is -0.216. The van der Waals surface area contributed by atoms with Crippen LogP contribution in [0, 0.1) is 20.8 Å². The fourth-order valence-corrected chi connectivity index (χ4v) is 3.36. The number of aryl methyl sites for hydroxylation is 2. The Hall–Kier alpha value is -3.33. The van der Waals surface area contributed by atoms with Gasteiger partial charge < -0.3 is 9.73 Å². The first kappa shape index (κ1) is 18.1. The lowest BCUT2D eigenvalue weighted by atomic mass is 10.2. The highest BCUT2D eigenvalue weighted by molar-refractivity contribution is 7.09. The van der Waals surface area contributed by atoms with Gasteiger partial charge in [0.15, 0.2) is 5.76 Å². The van der Waals surface area contributed by atoms with E-state index >= 15 is 0 Å². The van der Waals surface area contributed by atoms with Crippen LogP contribution in [-0.4, -0.2) is 30.6 Å². The van der Waals surface area contributed by atoms with Crippen LogP contribution in [0.2, 0.25) is 0 Å². The molecule has 4 aromatic rings. The molecular formula is C19H18N6O2S. The lowest BCUT2D eigenvalue weighted by Gasteiger charge is -2.05. The molecule has 4 heterocycles. The van der Waals surface area contributed by atoms with Crippen LogP contribution in [0.15, 0.2) is 40.4 Å². The Morgan fingerprint density at radius 1 is 1.21 bits per heavy atom. The van der Waals surface area contributed by atoms with Crippen LogP contribution in [0.3, 0.4) is 0 Å². The number of thiazole rings is 1. The van der Waals surface area contributed by atoms with E-state index in [-0.39, 0.29) is 5.91 Å². The molecule has 0 saturated carbocycles. The smallest absolute Gasteiger partial charge is 0.255 e. The van der Waals surface area contributed by atoms with Crippen LogP contribution >= 0.6 is 11.3 Å². The molecule has 4 rings (SSSR count). The van der Waals surface area contributed by atoms with Gasteiger partial charge in [0.05, 0.1) is 34.7 Å². The largest absolute Gasteiger partial charge is 0.460 e. The molecule has 0 aliphatic heterocycles. The number of carbonyl (C=O) groups is 1. The molecule has 142 valence electrons. The number of carbonyl (C=O) groups excluding carboxylic acids is 1. The van der Waals surface area contributed by atoms with E-state index in [4.69, 9.17) is 4.42 Å². The van der Waals surface area contributed by atoms with E-state index in [1.165, 1.54) is 6.20 Å². The Kier molecular flexibility index (Phi) is 4.74. The lowest BCUT2D eigenvalue weighted by molar-refractivity contribution is 0.0950. The number of nitrogens with zero attached hydrogens (tertiary/aromatic N) is 5. The highest BCUT2D eigenvalue weighted by atomic mass is 32.1. The highest BCUT2D eigenvalue weighted by Crippen LogP contribution is 2.20. The number of hydrogen-bond acceptors (Lipinski definition) is 7. The standard InChI is InChI=1S/C19H18N6O2S/c1-11-4-5-17(27-11)16-6-7-20-19(24-16)25-12(2)15(9-22-25)18(26)21-8-14-10-28-13(3)23-14/h4-7,9-10H,8H2,1-3H3,(H,21,26). The molecule has 0 spiro atoms. The third kappa shape index (κ3) is 3.56. The molecule has 0 aromatic carbocycles. The van der Waals surface area contributed by atoms with Crippen molar-refractivity contribution in [3.8, 4) is 17.4 Å². The summed E-state index contributed by atoms with van der Waals surface area (Å²) < 4.78 is 7.16. The maximum absolute atomic E-state index is 12.5. The molecule has 1 amide bonds. The Morgan fingerprint density at radius 2 is 2.07 bits per heavy atom. The van der Waals surface area contributed by atoms with Gasteiger partial charge >= 0.3 is 0 Å². The van der Waals surface area contributed by atoms with Gasteiger partial charge in [-0.3, -0.25) is 4.79 Å². The minimum absolute atomic E-state index is 0.216. The molecule has 0 fully saturated rings. The van der Waals surface area contributed by atoms with Gasteiger partial charge in [0.25, 0.3) is 11.9 Å². The van der Waals surface area contributed by atoms with Crippen LogP contribution in [0.4, 0.5) is 0 Å². The molecule has 0 aliphatic rings. The third-order valence-electron chi connectivity index (χ3n) is 4.18. The van der Waals surface area contributed by atoms with E-state index in [1.807, 2.05) is 38.3 Å². The number of furan rings is 1. The van der Waals surface area contributed by atoms with Gasteiger partial charge in [-0.2, -0.15) is 5.10 Å². The molecule has 4 aromatic heterocycles. The second-order valence-corrected chi connectivity index (χ2v) is 7.31. The summed E-state index contributed by atoms with van der Waals surface area (Å²) in [5.74, 6) is 1.62. The van der Waals surface area contributed by atoms with Gasteiger partial charge in [0.2, 0.25) is 0 Å². The van der Waals surface area contributed by atoms with E-state index < -0.39 is 0 Å². The van der Waals surface area contributed by atoms with Crippen molar-refractivity contribution in [3.63, 3.8) is 0 Å². The number of hydrogen-bond donors (Lipinski definition) is 1. The van der Waals surface area contributed by atoms with Gasteiger partial charge in [-0.25, -0.2) is 19.6 Å². The first-order chi connectivity index (χ1) is 13.5. The number of rotatable bonds is 5. The topological polar surface area (TPSA) is 98.7 Å². The molecule has 8 nitrogen and oxygen atoms in total. The summed E-state index contributed by atoms with van der Waals surface area (Å²) in [4.78, 5) is 25.7. The van der Waals surface area contributed by atoms with Crippen LogP contribution < -0.4 is 5.32 Å². The SMILES string of the molecule is Cc1ccc(-c2ccnc(-n3ncc(C(=O)NCc4csc(C)n4)c3C)n2)o1. The molecule has 0 aliphatic carbocycles. The van der Waals surface area contributed by atoms with Crippen LogP contribution in [-0.2, 0) is 6.54 Å². The van der Waals surface area contributed by atoms with Crippen molar-refractivity contribution < 1.29 is 9.21 Å². The Bertz CT molecular complexity index is 1140. The van der Waals surface area contributed by atoms with Crippen LogP contribution in [0.25, 0.3) is 17.4 Å². The van der Waals surface area contributed by atoms with E-state index in [0.717, 1.165) is 16.5 Å². The van der Waals surface area contributed by atoms with E-state index in [0.29, 0.717) is 35.2 Å². The van der Waals surface area contributed by atoms with Crippen molar-refractivity contribution in [1.29, 1.82) is 0 Å². The van der Waals surface area contributed by atoms with Gasteiger partial charge in [-0.15, -0.1) is 11.3 Å². The predicted octanol–water partition coefficient (Wildman–Crippen LogP) is 3.23. The van der Waals surface area contributed by atoms with Gasteiger partial charge in [0.1, 0.15) is 11.5 Å². The first-order valence-corrected chi connectivity index (χ1v) is 9.53. The van der Waals surface area contributed by atoms with Crippen molar-refractivity contribution >= 4 is 17.2 Å². The van der Waals surface area contributed by atoms with Gasteiger partial charge in [-0.1, -0.05) is 0 Å². The third-order valence-corrected chi connectivity index (χ3v) is 5.00. The fourth-order valence-electron chi connectivity index (χ4n) is 2.75. The summed E-state index contributed by atoms with van der Waals surface area (Å²) in [5, 5.41) is 10.1. The lowest BCUT2D eigenvalue weighted by Crippen LogP contribution is -2.23. The van der Waals surface area contributed by atoms with E-state index in [9.17, 15) is 4.79 Å². The van der Waals surface area contributed by atoms with Crippen LogP contribution in [0.1, 0.15) is 32.5 Å². The average Bonchev–Trinajstić information content (AvgIpc) is 3.40. The van der Waals surface area contributed by atoms with Crippen molar-refractivity contribution in [3.05, 3.63) is 63.7 Å². The molecule has 28 heavy (non-hydrogen) atoms. The summed E-state index contributed by atoms with van der Waals surface area (Å²) in [6.45, 7) is 5.99. The molecule has 0 saturated heterocycles. The maximum atomic E-state index is 12.5. The van der Waals surface area contributed by atoms with E-state index in [1.54, 1.807) is 28.3 Å². The van der Waals surface area contributed by atoms with Crippen LogP contribution in [0.5, 0.6) is 0 Å². The maximum Gasteiger partial charge on any atom is 0.255 e. The van der Waals surface area contributed by atoms with Gasteiger partial charge in [0, 0.05) is 11.6 Å². The number of aromatic nitrogens is 5. The zero-order chi connectivity index (χ0) is 19.7. The first-order valence-electron chi connectivity index (χ1n) is 8.65. The molecule has 9 heteroatoms. The quantitative estimate of drug-likeness (QED) is 0.558. The van der Waals surface area contributed by atoms with Gasteiger partial charge in [-0.05, 0) is 39.0 Å². The van der Waals surface area contributed by atoms with Crippen molar-refractivity contribution in [2.75, 3.05) is 0 Å². The number of nitrogens with one attached hydrogen (secondary N) is 1.